The van der Waals surface area contributed by atoms with Gasteiger partial charge in [-0.1, -0.05) is 12.5 Å². The highest BCUT2D eigenvalue weighted by Gasteiger charge is 2.65. The highest BCUT2D eigenvalue weighted by Crippen LogP contribution is 2.69. The molecule has 3 saturated carbocycles. The number of fused-ring (bicyclic) bond motifs is 6. The molecule has 1 saturated heterocycles. The second-order valence-electron chi connectivity index (χ2n) is 9.84. The monoisotopic (exact) mass is 358 g/mol. The van der Waals surface area contributed by atoms with Crippen molar-refractivity contribution in [1.82, 2.24) is 0 Å². The van der Waals surface area contributed by atoms with E-state index in [1.54, 1.807) is 0 Å². The fraction of sp³-hybridized carbons (Fsp3) is 0.870. The maximum Gasteiger partial charge on any atom is 0.155 e. The second-order valence-corrected chi connectivity index (χ2v) is 9.84. The molecule has 0 aromatic rings. The summed E-state index contributed by atoms with van der Waals surface area (Å²) in [6, 6.07) is 0. The van der Waals surface area contributed by atoms with Crippen LogP contribution < -0.4 is 0 Å². The maximum absolute atomic E-state index is 12.0. The maximum atomic E-state index is 12.0. The topological polar surface area (TPSA) is 46.5 Å². The first kappa shape index (κ1) is 17.4. The smallest absolute Gasteiger partial charge is 0.155 e. The standard InChI is InChI=1S/C23H34O3/c1-2-22-9-6-18-17-5-4-16(25)13-19(17)15(14-24)12-20(18)21(22)7-10-23(22)8-3-11-26-23/h13,15,17-18,20-21,24H,2-12,14H2,1H3. The van der Waals surface area contributed by atoms with E-state index >= 15 is 0 Å². The van der Waals surface area contributed by atoms with Crippen LogP contribution in [-0.4, -0.2) is 29.7 Å². The summed E-state index contributed by atoms with van der Waals surface area (Å²) in [5.41, 5.74) is 1.83. The van der Waals surface area contributed by atoms with E-state index in [-0.39, 0.29) is 23.9 Å². The third kappa shape index (κ3) is 2.16. The molecule has 3 nitrogen and oxygen atoms in total. The van der Waals surface area contributed by atoms with Gasteiger partial charge in [-0.25, -0.2) is 0 Å². The molecule has 4 fully saturated rings. The Kier molecular flexibility index (Phi) is 4.14. The lowest BCUT2D eigenvalue weighted by Gasteiger charge is -2.58. The van der Waals surface area contributed by atoms with Gasteiger partial charge in [-0.15, -0.1) is 0 Å². The van der Waals surface area contributed by atoms with E-state index < -0.39 is 0 Å². The van der Waals surface area contributed by atoms with Gasteiger partial charge in [0, 0.05) is 31.0 Å². The molecule has 7 atom stereocenters. The molecule has 1 spiro atoms. The third-order valence-electron chi connectivity index (χ3n) is 9.42. The molecule has 1 aliphatic heterocycles. The van der Waals surface area contributed by atoms with Crippen LogP contribution in [0.4, 0.5) is 0 Å². The Bertz CT molecular complexity index is 617. The molecule has 0 bridgehead atoms. The van der Waals surface area contributed by atoms with Crippen molar-refractivity contribution in [3.63, 3.8) is 0 Å². The molecule has 26 heavy (non-hydrogen) atoms. The van der Waals surface area contributed by atoms with Crippen LogP contribution in [0.15, 0.2) is 11.6 Å². The summed E-state index contributed by atoms with van der Waals surface area (Å²) in [5, 5.41) is 10.1. The molecule has 7 unspecified atom stereocenters. The molecule has 4 aliphatic carbocycles. The van der Waals surface area contributed by atoms with Crippen molar-refractivity contribution in [2.45, 2.75) is 76.7 Å². The summed E-state index contributed by atoms with van der Waals surface area (Å²) in [6.45, 7) is 3.57. The molecule has 5 aliphatic rings. The molecule has 144 valence electrons. The number of ketones is 1. The lowest BCUT2D eigenvalue weighted by molar-refractivity contribution is -0.142. The average molecular weight is 359 g/mol. The number of aliphatic hydroxyl groups excluding tert-OH is 1. The molecular weight excluding hydrogens is 324 g/mol. The van der Waals surface area contributed by atoms with E-state index in [2.05, 4.69) is 6.92 Å². The van der Waals surface area contributed by atoms with Crippen molar-refractivity contribution < 1.29 is 14.6 Å². The van der Waals surface area contributed by atoms with E-state index in [1.165, 1.54) is 50.5 Å². The number of carbonyl (C=O) groups excluding carboxylic acids is 1. The molecule has 0 aromatic heterocycles. The van der Waals surface area contributed by atoms with E-state index in [0.717, 1.165) is 37.2 Å². The summed E-state index contributed by atoms with van der Waals surface area (Å²) in [4.78, 5) is 12.0. The molecule has 0 radical (unpaired) electrons. The van der Waals surface area contributed by atoms with Gasteiger partial charge in [-0.2, -0.15) is 0 Å². The first-order valence-corrected chi connectivity index (χ1v) is 11.1. The van der Waals surface area contributed by atoms with Crippen LogP contribution in [0.2, 0.25) is 0 Å². The predicted molar refractivity (Wildman–Crippen MR) is 101 cm³/mol. The molecular formula is C23H34O3. The quantitative estimate of drug-likeness (QED) is 0.801. The Hall–Kier alpha value is -0.670. The van der Waals surface area contributed by atoms with Gasteiger partial charge in [-0.05, 0) is 87.5 Å². The van der Waals surface area contributed by atoms with Crippen LogP contribution in [0.1, 0.15) is 71.1 Å². The minimum Gasteiger partial charge on any atom is -0.396 e. The fourth-order valence-corrected chi connectivity index (χ4v) is 8.47. The number of aliphatic hydroxyl groups is 1. The van der Waals surface area contributed by atoms with Gasteiger partial charge in [0.25, 0.3) is 0 Å². The zero-order valence-corrected chi connectivity index (χ0v) is 16.2. The molecule has 1 N–H and O–H groups in total. The number of ether oxygens (including phenoxy) is 1. The Morgan fingerprint density at radius 2 is 2.08 bits per heavy atom. The first-order chi connectivity index (χ1) is 12.6. The number of carbonyl (C=O) groups is 1. The Morgan fingerprint density at radius 3 is 2.81 bits per heavy atom. The highest BCUT2D eigenvalue weighted by molar-refractivity contribution is 5.91. The van der Waals surface area contributed by atoms with Gasteiger partial charge in [0.05, 0.1) is 5.60 Å². The molecule has 5 rings (SSSR count). The van der Waals surface area contributed by atoms with Gasteiger partial charge in [0.2, 0.25) is 0 Å². The van der Waals surface area contributed by atoms with E-state index in [0.29, 0.717) is 17.8 Å². The van der Waals surface area contributed by atoms with Gasteiger partial charge >= 0.3 is 0 Å². The van der Waals surface area contributed by atoms with Crippen LogP contribution in [0, 0.1) is 35.0 Å². The van der Waals surface area contributed by atoms with Gasteiger partial charge in [0.1, 0.15) is 0 Å². The average Bonchev–Trinajstić information content (AvgIpc) is 3.27. The summed E-state index contributed by atoms with van der Waals surface area (Å²) in [5.74, 6) is 3.28. The summed E-state index contributed by atoms with van der Waals surface area (Å²) in [6.07, 6.45) is 13.7. The van der Waals surface area contributed by atoms with Crippen molar-refractivity contribution in [1.29, 1.82) is 0 Å². The molecule has 3 heteroatoms. The van der Waals surface area contributed by atoms with Gasteiger partial charge < -0.3 is 9.84 Å². The molecule has 0 aromatic carbocycles. The molecule has 0 amide bonds. The van der Waals surface area contributed by atoms with Crippen LogP contribution in [0.25, 0.3) is 0 Å². The number of hydrogen-bond acceptors (Lipinski definition) is 3. The van der Waals surface area contributed by atoms with Gasteiger partial charge in [0.15, 0.2) is 5.78 Å². The largest absolute Gasteiger partial charge is 0.396 e. The van der Waals surface area contributed by atoms with Crippen molar-refractivity contribution in [2.75, 3.05) is 13.2 Å². The predicted octanol–water partition coefficient (Wildman–Crippen LogP) is 4.29. The fourth-order valence-electron chi connectivity index (χ4n) is 8.47. The van der Waals surface area contributed by atoms with E-state index in [4.69, 9.17) is 4.74 Å². The lowest BCUT2D eigenvalue weighted by Crippen LogP contribution is -2.54. The van der Waals surface area contributed by atoms with Crippen LogP contribution in [0.3, 0.4) is 0 Å². The van der Waals surface area contributed by atoms with Crippen LogP contribution in [0.5, 0.6) is 0 Å². The second kappa shape index (κ2) is 6.17. The minimum absolute atomic E-state index is 0.157. The summed E-state index contributed by atoms with van der Waals surface area (Å²) in [7, 11) is 0. The Labute approximate surface area is 157 Å². The SMILES string of the molecule is CCC12CCC3C4CCC(=O)C=C4C(CO)CC3C1CCC21CCCO1. The van der Waals surface area contributed by atoms with Gasteiger partial charge in [-0.3, -0.25) is 4.79 Å². The first-order valence-electron chi connectivity index (χ1n) is 11.1. The number of rotatable bonds is 2. The zero-order valence-electron chi connectivity index (χ0n) is 16.2. The summed E-state index contributed by atoms with van der Waals surface area (Å²) >= 11 is 0. The lowest BCUT2D eigenvalue weighted by atomic mass is 9.48. The highest BCUT2D eigenvalue weighted by atomic mass is 16.5. The minimum atomic E-state index is 0.157. The normalized spacial score (nSPS) is 50.3. The Morgan fingerprint density at radius 1 is 1.19 bits per heavy atom. The number of hydrogen-bond donors (Lipinski definition) is 1. The van der Waals surface area contributed by atoms with Crippen LogP contribution >= 0.6 is 0 Å². The zero-order chi connectivity index (χ0) is 17.9. The summed E-state index contributed by atoms with van der Waals surface area (Å²) < 4.78 is 6.51. The Balaban J connectivity index is 1.51. The van der Waals surface area contributed by atoms with Crippen molar-refractivity contribution >= 4 is 5.78 Å². The van der Waals surface area contributed by atoms with Crippen molar-refractivity contribution in [2.24, 2.45) is 35.0 Å². The van der Waals surface area contributed by atoms with E-state index in [9.17, 15) is 9.90 Å². The van der Waals surface area contributed by atoms with Crippen molar-refractivity contribution in [3.05, 3.63) is 11.6 Å². The van der Waals surface area contributed by atoms with E-state index in [1.807, 2.05) is 6.08 Å². The third-order valence-corrected chi connectivity index (χ3v) is 9.42. The molecule has 1 heterocycles. The van der Waals surface area contributed by atoms with Crippen LogP contribution in [-0.2, 0) is 9.53 Å². The van der Waals surface area contributed by atoms with Crippen molar-refractivity contribution in [3.8, 4) is 0 Å².